The third-order valence-electron chi connectivity index (χ3n) is 3.42. The fourth-order valence-corrected chi connectivity index (χ4v) is 2.20. The summed E-state index contributed by atoms with van der Waals surface area (Å²) in [6.07, 6.45) is 2.68. The van der Waals surface area contributed by atoms with E-state index < -0.39 is 0 Å². The molecule has 1 saturated heterocycles. The molecule has 0 spiro atoms. The van der Waals surface area contributed by atoms with Crippen molar-refractivity contribution < 1.29 is 0 Å². The molecule has 1 rings (SSSR count). The zero-order chi connectivity index (χ0) is 11.3. The molecule has 1 aliphatic rings. The molecule has 1 aliphatic heterocycles. The van der Waals surface area contributed by atoms with E-state index in [1.807, 2.05) is 0 Å². The van der Waals surface area contributed by atoms with Crippen molar-refractivity contribution in [2.45, 2.75) is 46.6 Å². The molecule has 90 valence electrons. The predicted octanol–water partition coefficient (Wildman–Crippen LogP) is 2.35. The minimum atomic E-state index is 0.710. The second-order valence-electron chi connectivity index (χ2n) is 5.62. The minimum Gasteiger partial charge on any atom is -0.315 e. The first-order valence-corrected chi connectivity index (χ1v) is 6.54. The maximum absolute atomic E-state index is 3.57. The van der Waals surface area contributed by atoms with E-state index in [-0.39, 0.29) is 0 Å². The fraction of sp³-hybridized carbons (Fsp3) is 1.00. The van der Waals surface area contributed by atoms with E-state index >= 15 is 0 Å². The van der Waals surface area contributed by atoms with Crippen LogP contribution in [0.5, 0.6) is 0 Å². The molecule has 0 radical (unpaired) electrons. The van der Waals surface area contributed by atoms with Gasteiger partial charge in [0.2, 0.25) is 0 Å². The third kappa shape index (κ3) is 4.98. The van der Waals surface area contributed by atoms with Crippen LogP contribution in [0.4, 0.5) is 0 Å². The van der Waals surface area contributed by atoms with Crippen LogP contribution in [0.3, 0.4) is 0 Å². The number of nitrogens with one attached hydrogen (secondary N) is 1. The molecule has 1 heterocycles. The van der Waals surface area contributed by atoms with Crippen molar-refractivity contribution in [2.24, 2.45) is 11.8 Å². The normalized spacial score (nSPS) is 25.0. The standard InChI is InChI=1S/C13H28N2/c1-11(2)5-7-14-9-13(4)15-8-6-12(3)10-15/h11-14H,5-10H2,1-4H3. The van der Waals surface area contributed by atoms with E-state index in [0.717, 1.165) is 18.4 Å². The lowest BCUT2D eigenvalue weighted by Crippen LogP contribution is -2.39. The fourth-order valence-electron chi connectivity index (χ4n) is 2.20. The van der Waals surface area contributed by atoms with Crippen molar-refractivity contribution in [3.63, 3.8) is 0 Å². The van der Waals surface area contributed by atoms with E-state index in [2.05, 4.69) is 37.9 Å². The summed E-state index contributed by atoms with van der Waals surface area (Å²) in [5, 5.41) is 3.57. The van der Waals surface area contributed by atoms with Gasteiger partial charge in [-0.1, -0.05) is 20.8 Å². The quantitative estimate of drug-likeness (QED) is 0.680. The smallest absolute Gasteiger partial charge is 0.0192 e. The highest BCUT2D eigenvalue weighted by Gasteiger charge is 2.22. The highest BCUT2D eigenvalue weighted by molar-refractivity contribution is 4.78. The minimum absolute atomic E-state index is 0.710. The molecule has 0 amide bonds. The third-order valence-corrected chi connectivity index (χ3v) is 3.42. The van der Waals surface area contributed by atoms with Crippen LogP contribution < -0.4 is 5.32 Å². The summed E-state index contributed by atoms with van der Waals surface area (Å²) in [7, 11) is 0. The Labute approximate surface area is 95.4 Å². The van der Waals surface area contributed by atoms with Gasteiger partial charge in [-0.2, -0.15) is 0 Å². The zero-order valence-electron chi connectivity index (χ0n) is 10.9. The van der Waals surface area contributed by atoms with Crippen LogP contribution in [0.25, 0.3) is 0 Å². The zero-order valence-corrected chi connectivity index (χ0v) is 10.9. The molecule has 0 bridgehead atoms. The van der Waals surface area contributed by atoms with Gasteiger partial charge in [0.15, 0.2) is 0 Å². The van der Waals surface area contributed by atoms with Gasteiger partial charge in [-0.05, 0) is 44.7 Å². The Balaban J connectivity index is 2.05. The summed E-state index contributed by atoms with van der Waals surface area (Å²) in [5.41, 5.74) is 0. The van der Waals surface area contributed by atoms with Crippen LogP contribution in [0.1, 0.15) is 40.5 Å². The van der Waals surface area contributed by atoms with Crippen LogP contribution in [-0.2, 0) is 0 Å². The lowest BCUT2D eigenvalue weighted by atomic mass is 10.1. The van der Waals surface area contributed by atoms with Gasteiger partial charge < -0.3 is 5.32 Å². The highest BCUT2D eigenvalue weighted by Crippen LogP contribution is 2.17. The number of rotatable bonds is 6. The molecule has 15 heavy (non-hydrogen) atoms. The van der Waals surface area contributed by atoms with Gasteiger partial charge in [0.05, 0.1) is 0 Å². The van der Waals surface area contributed by atoms with Crippen molar-refractivity contribution in [1.82, 2.24) is 10.2 Å². The molecule has 1 fully saturated rings. The molecule has 2 atom stereocenters. The Morgan fingerprint density at radius 1 is 1.33 bits per heavy atom. The SMILES string of the molecule is CC(C)CCNCC(C)N1CCC(C)C1. The molecule has 2 nitrogen and oxygen atoms in total. The van der Waals surface area contributed by atoms with Gasteiger partial charge >= 0.3 is 0 Å². The van der Waals surface area contributed by atoms with Gasteiger partial charge in [-0.15, -0.1) is 0 Å². The maximum Gasteiger partial charge on any atom is 0.0192 e. The van der Waals surface area contributed by atoms with Crippen LogP contribution in [-0.4, -0.2) is 37.1 Å². The van der Waals surface area contributed by atoms with E-state index in [9.17, 15) is 0 Å². The Morgan fingerprint density at radius 2 is 2.07 bits per heavy atom. The molecular formula is C13H28N2. The lowest BCUT2D eigenvalue weighted by Gasteiger charge is -2.24. The van der Waals surface area contributed by atoms with Crippen molar-refractivity contribution in [3.05, 3.63) is 0 Å². The second-order valence-corrected chi connectivity index (χ2v) is 5.62. The lowest BCUT2D eigenvalue weighted by molar-refractivity contribution is 0.244. The van der Waals surface area contributed by atoms with Crippen LogP contribution in [0.2, 0.25) is 0 Å². The number of hydrogen-bond acceptors (Lipinski definition) is 2. The molecule has 0 saturated carbocycles. The number of likely N-dealkylation sites (tertiary alicyclic amines) is 1. The molecule has 2 unspecified atom stereocenters. The van der Waals surface area contributed by atoms with Crippen LogP contribution in [0, 0.1) is 11.8 Å². The van der Waals surface area contributed by atoms with Crippen LogP contribution in [0.15, 0.2) is 0 Å². The summed E-state index contributed by atoms with van der Waals surface area (Å²) < 4.78 is 0. The second kappa shape index (κ2) is 6.49. The first-order chi connectivity index (χ1) is 7.09. The predicted molar refractivity (Wildman–Crippen MR) is 67.1 cm³/mol. The van der Waals surface area contributed by atoms with Gasteiger partial charge in [-0.3, -0.25) is 4.90 Å². The Kier molecular flexibility index (Phi) is 5.62. The van der Waals surface area contributed by atoms with Crippen molar-refractivity contribution >= 4 is 0 Å². The average Bonchev–Trinajstić information content (AvgIpc) is 2.59. The summed E-state index contributed by atoms with van der Waals surface area (Å²) >= 11 is 0. The first-order valence-electron chi connectivity index (χ1n) is 6.54. The van der Waals surface area contributed by atoms with E-state index in [1.165, 1.54) is 32.5 Å². The van der Waals surface area contributed by atoms with Crippen molar-refractivity contribution in [3.8, 4) is 0 Å². The maximum atomic E-state index is 3.57. The van der Waals surface area contributed by atoms with Gasteiger partial charge in [-0.25, -0.2) is 0 Å². The highest BCUT2D eigenvalue weighted by atomic mass is 15.2. The average molecular weight is 212 g/mol. The molecule has 0 aromatic carbocycles. The topological polar surface area (TPSA) is 15.3 Å². The molecule has 2 heteroatoms. The molecule has 0 aliphatic carbocycles. The van der Waals surface area contributed by atoms with E-state index in [1.54, 1.807) is 0 Å². The largest absolute Gasteiger partial charge is 0.315 e. The molecule has 1 N–H and O–H groups in total. The van der Waals surface area contributed by atoms with Gasteiger partial charge in [0, 0.05) is 19.1 Å². The summed E-state index contributed by atoms with van der Waals surface area (Å²) in [6.45, 7) is 14.2. The van der Waals surface area contributed by atoms with Crippen molar-refractivity contribution in [1.29, 1.82) is 0 Å². The van der Waals surface area contributed by atoms with Gasteiger partial charge in [0.1, 0.15) is 0 Å². The van der Waals surface area contributed by atoms with Gasteiger partial charge in [0.25, 0.3) is 0 Å². The Hall–Kier alpha value is -0.0800. The molecular weight excluding hydrogens is 184 g/mol. The summed E-state index contributed by atoms with van der Waals surface area (Å²) in [5.74, 6) is 1.72. The summed E-state index contributed by atoms with van der Waals surface area (Å²) in [4.78, 5) is 2.62. The van der Waals surface area contributed by atoms with Crippen molar-refractivity contribution in [2.75, 3.05) is 26.2 Å². The van der Waals surface area contributed by atoms with E-state index in [0.29, 0.717) is 6.04 Å². The Morgan fingerprint density at radius 3 is 2.60 bits per heavy atom. The number of hydrogen-bond donors (Lipinski definition) is 1. The van der Waals surface area contributed by atoms with Crippen LogP contribution >= 0.6 is 0 Å². The Bertz CT molecular complexity index is 168. The molecule has 0 aromatic heterocycles. The number of nitrogens with zero attached hydrogens (tertiary/aromatic N) is 1. The van der Waals surface area contributed by atoms with E-state index in [4.69, 9.17) is 0 Å². The first kappa shape index (κ1) is 13.0. The summed E-state index contributed by atoms with van der Waals surface area (Å²) in [6, 6.07) is 0.710. The monoisotopic (exact) mass is 212 g/mol. The molecule has 0 aromatic rings.